The van der Waals surface area contributed by atoms with Gasteiger partial charge in [-0.1, -0.05) is 24.3 Å². The van der Waals surface area contributed by atoms with Crippen molar-refractivity contribution in [2.75, 3.05) is 24.9 Å². The van der Waals surface area contributed by atoms with Gasteiger partial charge in [-0.3, -0.25) is 9.59 Å². The standard InChI is InChI=1S/C22H20N2O5S/c1-13-17(22(27)29-3)21(24-19(25)14-8-7-11-16(12-14)28-2)30-18(13)20(26)23-15-9-5-4-6-10-15/h4-12H,1-3H3,(H,23,26)(H,24,25). The van der Waals surface area contributed by atoms with E-state index in [9.17, 15) is 14.4 Å². The Morgan fingerprint density at radius 2 is 1.63 bits per heavy atom. The number of thiophene rings is 1. The molecule has 0 aliphatic rings. The van der Waals surface area contributed by atoms with Crippen LogP contribution in [0.4, 0.5) is 10.7 Å². The molecular formula is C22H20N2O5S. The molecule has 3 aromatic rings. The first-order chi connectivity index (χ1) is 14.4. The lowest BCUT2D eigenvalue weighted by molar-refractivity contribution is 0.0601. The van der Waals surface area contributed by atoms with Crippen LogP contribution in [0, 0.1) is 6.92 Å². The third-order valence-electron chi connectivity index (χ3n) is 4.33. The van der Waals surface area contributed by atoms with Crippen molar-refractivity contribution in [3.8, 4) is 5.75 Å². The quantitative estimate of drug-likeness (QED) is 0.574. The summed E-state index contributed by atoms with van der Waals surface area (Å²) in [6.45, 7) is 1.64. The smallest absolute Gasteiger partial charge is 0.341 e. The minimum atomic E-state index is -0.636. The summed E-state index contributed by atoms with van der Waals surface area (Å²) in [5, 5.41) is 5.74. The highest BCUT2D eigenvalue weighted by atomic mass is 32.1. The van der Waals surface area contributed by atoms with Crippen LogP contribution < -0.4 is 15.4 Å². The lowest BCUT2D eigenvalue weighted by atomic mass is 10.1. The minimum absolute atomic E-state index is 0.150. The molecule has 1 aromatic heterocycles. The Kier molecular flexibility index (Phi) is 6.48. The van der Waals surface area contributed by atoms with Gasteiger partial charge in [0.15, 0.2) is 0 Å². The Hall–Kier alpha value is -3.65. The number of anilines is 2. The van der Waals surface area contributed by atoms with Crippen LogP contribution in [-0.4, -0.2) is 32.0 Å². The van der Waals surface area contributed by atoms with Gasteiger partial charge < -0.3 is 20.1 Å². The number of benzene rings is 2. The summed E-state index contributed by atoms with van der Waals surface area (Å²) in [4.78, 5) is 38.1. The minimum Gasteiger partial charge on any atom is -0.497 e. The number of carbonyl (C=O) groups is 3. The van der Waals surface area contributed by atoms with E-state index in [0.29, 0.717) is 27.4 Å². The molecular weight excluding hydrogens is 404 g/mol. The highest BCUT2D eigenvalue weighted by Gasteiger charge is 2.26. The first-order valence-corrected chi connectivity index (χ1v) is 9.79. The molecule has 0 radical (unpaired) electrons. The molecule has 0 unspecified atom stereocenters. The molecule has 0 saturated carbocycles. The summed E-state index contributed by atoms with van der Waals surface area (Å²) in [7, 11) is 2.75. The number of para-hydroxylation sites is 1. The first kappa shape index (κ1) is 21.1. The second kappa shape index (κ2) is 9.23. The van der Waals surface area contributed by atoms with Crippen LogP contribution in [0.25, 0.3) is 0 Å². The maximum Gasteiger partial charge on any atom is 0.341 e. The van der Waals surface area contributed by atoms with E-state index in [1.165, 1.54) is 14.2 Å². The summed E-state index contributed by atoms with van der Waals surface area (Å²) >= 11 is 1.01. The van der Waals surface area contributed by atoms with Crippen LogP contribution in [0.3, 0.4) is 0 Å². The fourth-order valence-corrected chi connectivity index (χ4v) is 3.90. The normalized spacial score (nSPS) is 10.2. The van der Waals surface area contributed by atoms with Gasteiger partial charge in [0, 0.05) is 11.3 Å². The van der Waals surface area contributed by atoms with Crippen molar-refractivity contribution in [3.05, 3.63) is 76.2 Å². The Balaban J connectivity index is 1.93. The van der Waals surface area contributed by atoms with Gasteiger partial charge in [0.05, 0.1) is 24.7 Å². The molecule has 0 aliphatic heterocycles. The zero-order valence-corrected chi connectivity index (χ0v) is 17.5. The van der Waals surface area contributed by atoms with Gasteiger partial charge in [-0.25, -0.2) is 4.79 Å². The highest BCUT2D eigenvalue weighted by Crippen LogP contribution is 2.34. The van der Waals surface area contributed by atoms with Crippen LogP contribution in [0.15, 0.2) is 54.6 Å². The van der Waals surface area contributed by atoms with Crippen molar-refractivity contribution in [1.82, 2.24) is 0 Å². The average molecular weight is 424 g/mol. The number of esters is 1. The van der Waals surface area contributed by atoms with E-state index in [2.05, 4.69) is 10.6 Å². The Bertz CT molecular complexity index is 1090. The van der Waals surface area contributed by atoms with Crippen LogP contribution in [0.2, 0.25) is 0 Å². The van der Waals surface area contributed by atoms with Gasteiger partial charge in [-0.15, -0.1) is 11.3 Å². The fraction of sp³-hybridized carbons (Fsp3) is 0.136. The summed E-state index contributed by atoms with van der Waals surface area (Å²) in [5.74, 6) is -0.921. The largest absolute Gasteiger partial charge is 0.497 e. The summed E-state index contributed by atoms with van der Waals surface area (Å²) in [5.41, 5.74) is 1.56. The highest BCUT2D eigenvalue weighted by molar-refractivity contribution is 7.19. The molecule has 0 atom stereocenters. The predicted octanol–water partition coefficient (Wildman–Crippen LogP) is 4.36. The van der Waals surface area contributed by atoms with E-state index in [0.717, 1.165) is 11.3 Å². The van der Waals surface area contributed by atoms with Crippen molar-refractivity contribution in [2.24, 2.45) is 0 Å². The van der Waals surface area contributed by atoms with E-state index < -0.39 is 11.9 Å². The maximum atomic E-state index is 12.8. The zero-order valence-electron chi connectivity index (χ0n) is 16.6. The molecule has 30 heavy (non-hydrogen) atoms. The van der Waals surface area contributed by atoms with Crippen molar-refractivity contribution in [1.29, 1.82) is 0 Å². The number of hydrogen-bond donors (Lipinski definition) is 2. The third kappa shape index (κ3) is 4.49. The molecule has 1 heterocycles. The zero-order chi connectivity index (χ0) is 21.7. The van der Waals surface area contributed by atoms with E-state index in [4.69, 9.17) is 9.47 Å². The van der Waals surface area contributed by atoms with Crippen LogP contribution in [0.5, 0.6) is 5.75 Å². The number of rotatable bonds is 6. The number of amides is 2. The number of carbonyl (C=O) groups excluding carboxylic acids is 3. The number of hydrogen-bond acceptors (Lipinski definition) is 6. The van der Waals surface area contributed by atoms with E-state index >= 15 is 0 Å². The summed E-state index contributed by atoms with van der Waals surface area (Å²) < 4.78 is 10.00. The number of nitrogens with one attached hydrogen (secondary N) is 2. The van der Waals surface area contributed by atoms with Gasteiger partial charge >= 0.3 is 5.97 Å². The SMILES string of the molecule is COC(=O)c1c(NC(=O)c2cccc(OC)c2)sc(C(=O)Nc2ccccc2)c1C. The lowest BCUT2D eigenvalue weighted by Gasteiger charge is -2.07. The van der Waals surface area contributed by atoms with Crippen molar-refractivity contribution < 1.29 is 23.9 Å². The van der Waals surface area contributed by atoms with Crippen molar-refractivity contribution in [2.45, 2.75) is 6.92 Å². The van der Waals surface area contributed by atoms with Gasteiger partial charge in [0.2, 0.25) is 0 Å². The molecule has 8 heteroatoms. The molecule has 0 fully saturated rings. The number of methoxy groups -OCH3 is 2. The molecule has 0 aliphatic carbocycles. The van der Waals surface area contributed by atoms with Gasteiger partial charge in [0.25, 0.3) is 11.8 Å². The Morgan fingerprint density at radius 3 is 2.30 bits per heavy atom. The van der Waals surface area contributed by atoms with Crippen molar-refractivity contribution >= 4 is 39.8 Å². The molecule has 7 nitrogen and oxygen atoms in total. The van der Waals surface area contributed by atoms with Crippen LogP contribution in [-0.2, 0) is 4.74 Å². The lowest BCUT2D eigenvalue weighted by Crippen LogP contribution is -2.14. The molecule has 2 aromatic carbocycles. The summed E-state index contributed by atoms with van der Waals surface area (Å²) in [6.07, 6.45) is 0. The maximum absolute atomic E-state index is 12.8. The molecule has 0 bridgehead atoms. The Morgan fingerprint density at radius 1 is 0.900 bits per heavy atom. The molecule has 2 amide bonds. The molecule has 0 saturated heterocycles. The predicted molar refractivity (Wildman–Crippen MR) is 116 cm³/mol. The summed E-state index contributed by atoms with van der Waals surface area (Å²) in [6, 6.07) is 15.6. The molecule has 0 spiro atoms. The molecule has 154 valence electrons. The van der Waals surface area contributed by atoms with E-state index in [1.54, 1.807) is 55.5 Å². The average Bonchev–Trinajstić information content (AvgIpc) is 3.09. The van der Waals surface area contributed by atoms with E-state index in [-0.39, 0.29) is 16.5 Å². The first-order valence-electron chi connectivity index (χ1n) is 8.98. The molecule has 3 rings (SSSR count). The van der Waals surface area contributed by atoms with Gasteiger partial charge in [-0.2, -0.15) is 0 Å². The van der Waals surface area contributed by atoms with E-state index in [1.807, 2.05) is 6.07 Å². The Labute approximate surface area is 177 Å². The third-order valence-corrected chi connectivity index (χ3v) is 5.54. The van der Waals surface area contributed by atoms with Crippen LogP contribution >= 0.6 is 11.3 Å². The number of ether oxygens (including phenoxy) is 2. The second-order valence-electron chi connectivity index (χ2n) is 6.26. The fourth-order valence-electron chi connectivity index (χ4n) is 2.81. The topological polar surface area (TPSA) is 93.7 Å². The van der Waals surface area contributed by atoms with Crippen molar-refractivity contribution in [3.63, 3.8) is 0 Å². The molecule has 2 N–H and O–H groups in total. The second-order valence-corrected chi connectivity index (χ2v) is 7.28. The van der Waals surface area contributed by atoms with Gasteiger partial charge in [-0.05, 0) is 42.8 Å². The van der Waals surface area contributed by atoms with Crippen LogP contribution in [0.1, 0.15) is 36.0 Å². The van der Waals surface area contributed by atoms with Gasteiger partial charge in [0.1, 0.15) is 10.8 Å². The monoisotopic (exact) mass is 424 g/mol.